The minimum atomic E-state index is -0.913. The lowest BCUT2D eigenvalue weighted by Crippen LogP contribution is -2.31. The zero-order valence-electron chi connectivity index (χ0n) is 5.00. The molecule has 2 unspecified atom stereocenters. The molecule has 0 bridgehead atoms. The average molecular weight is 130 g/mol. The second-order valence-electron chi connectivity index (χ2n) is 2.29. The maximum Gasteiger partial charge on any atom is 0.320 e. The Kier molecular flexibility index (Phi) is 1.68. The summed E-state index contributed by atoms with van der Waals surface area (Å²) < 4.78 is 0. The number of hydrogen-bond acceptors (Lipinski definition) is 3. The topological polar surface area (TPSA) is 85.3 Å². The first-order valence-electron chi connectivity index (χ1n) is 2.92. The molecule has 0 aromatic carbocycles. The van der Waals surface area contributed by atoms with E-state index in [1.54, 1.807) is 0 Å². The molecule has 1 heterocycles. The lowest BCUT2D eigenvalue weighted by molar-refractivity contribution is -0.138. The molecule has 0 spiro atoms. The first-order valence-corrected chi connectivity index (χ1v) is 2.92. The minimum absolute atomic E-state index is 0.357. The Hall–Kier alpha value is -0.610. The Bertz CT molecular complexity index is 122. The van der Waals surface area contributed by atoms with Crippen LogP contribution in [0.25, 0.3) is 0 Å². The van der Waals surface area contributed by atoms with E-state index in [2.05, 4.69) is 5.32 Å². The highest BCUT2D eigenvalue weighted by Gasteiger charge is 2.25. The van der Waals surface area contributed by atoms with E-state index in [1.807, 2.05) is 0 Å². The summed E-state index contributed by atoms with van der Waals surface area (Å²) in [7, 11) is 0. The standard InChI is InChI=1S/C5H10N2O2/c6-4(5(8)9)1-3-2-7-3/h3-4,7H,1-2,6H2,(H,8,9). The van der Waals surface area contributed by atoms with Gasteiger partial charge in [-0.05, 0) is 6.42 Å². The van der Waals surface area contributed by atoms with Gasteiger partial charge >= 0.3 is 5.97 Å². The molecule has 1 fully saturated rings. The molecule has 1 saturated heterocycles. The van der Waals surface area contributed by atoms with Crippen molar-refractivity contribution in [3.8, 4) is 0 Å². The van der Waals surface area contributed by atoms with Crippen LogP contribution in [-0.4, -0.2) is 29.7 Å². The van der Waals surface area contributed by atoms with E-state index in [-0.39, 0.29) is 0 Å². The average Bonchev–Trinajstić information content (AvgIpc) is 2.50. The molecule has 4 N–H and O–H groups in total. The predicted molar refractivity (Wildman–Crippen MR) is 32.0 cm³/mol. The van der Waals surface area contributed by atoms with Gasteiger partial charge in [0.25, 0.3) is 0 Å². The zero-order valence-corrected chi connectivity index (χ0v) is 5.00. The number of carbonyl (C=O) groups is 1. The summed E-state index contributed by atoms with van der Waals surface area (Å²) in [4.78, 5) is 10.1. The summed E-state index contributed by atoms with van der Waals surface area (Å²) in [6, 6.07) is -0.332. The monoisotopic (exact) mass is 130 g/mol. The first-order chi connectivity index (χ1) is 4.20. The van der Waals surface area contributed by atoms with Gasteiger partial charge in [0.15, 0.2) is 0 Å². The molecule has 4 nitrogen and oxygen atoms in total. The fraction of sp³-hybridized carbons (Fsp3) is 0.800. The van der Waals surface area contributed by atoms with Gasteiger partial charge in [-0.2, -0.15) is 0 Å². The summed E-state index contributed by atoms with van der Waals surface area (Å²) in [5, 5.41) is 11.3. The van der Waals surface area contributed by atoms with E-state index in [1.165, 1.54) is 0 Å². The molecular weight excluding hydrogens is 120 g/mol. The van der Waals surface area contributed by atoms with Gasteiger partial charge in [0.2, 0.25) is 0 Å². The Morgan fingerprint density at radius 3 is 2.89 bits per heavy atom. The van der Waals surface area contributed by atoms with Crippen molar-refractivity contribution in [2.75, 3.05) is 6.54 Å². The smallest absolute Gasteiger partial charge is 0.320 e. The highest BCUT2D eigenvalue weighted by molar-refractivity contribution is 5.73. The predicted octanol–water partition coefficient (Wildman–Crippen LogP) is -1.24. The van der Waals surface area contributed by atoms with Crippen LogP contribution in [0.1, 0.15) is 6.42 Å². The van der Waals surface area contributed by atoms with Gasteiger partial charge < -0.3 is 16.2 Å². The van der Waals surface area contributed by atoms with Crippen LogP contribution < -0.4 is 11.1 Å². The molecule has 2 atom stereocenters. The molecule has 0 saturated carbocycles. The van der Waals surface area contributed by atoms with Crippen molar-refractivity contribution in [1.82, 2.24) is 5.32 Å². The zero-order chi connectivity index (χ0) is 6.85. The van der Waals surface area contributed by atoms with Crippen molar-refractivity contribution >= 4 is 5.97 Å². The van der Waals surface area contributed by atoms with Gasteiger partial charge in [0.05, 0.1) is 0 Å². The second kappa shape index (κ2) is 2.33. The third-order valence-electron chi connectivity index (χ3n) is 1.35. The molecule has 52 valence electrons. The van der Waals surface area contributed by atoms with Crippen molar-refractivity contribution in [2.45, 2.75) is 18.5 Å². The highest BCUT2D eigenvalue weighted by atomic mass is 16.4. The fourth-order valence-electron chi connectivity index (χ4n) is 0.657. The number of nitrogens with two attached hydrogens (primary N) is 1. The molecule has 4 heteroatoms. The number of hydrogen-bond donors (Lipinski definition) is 3. The molecule has 0 aliphatic carbocycles. The molecule has 9 heavy (non-hydrogen) atoms. The van der Waals surface area contributed by atoms with E-state index < -0.39 is 12.0 Å². The third-order valence-corrected chi connectivity index (χ3v) is 1.35. The third kappa shape index (κ3) is 1.99. The maximum absolute atomic E-state index is 10.1. The Balaban J connectivity index is 2.16. The number of carboxylic acids is 1. The van der Waals surface area contributed by atoms with Crippen LogP contribution >= 0.6 is 0 Å². The van der Waals surface area contributed by atoms with Crippen molar-refractivity contribution in [1.29, 1.82) is 0 Å². The second-order valence-corrected chi connectivity index (χ2v) is 2.29. The van der Waals surface area contributed by atoms with Gasteiger partial charge in [-0.25, -0.2) is 0 Å². The van der Waals surface area contributed by atoms with Crippen molar-refractivity contribution in [3.63, 3.8) is 0 Å². The minimum Gasteiger partial charge on any atom is -0.480 e. The van der Waals surface area contributed by atoms with Crippen LogP contribution in [0.15, 0.2) is 0 Å². The Labute approximate surface area is 53.0 Å². The van der Waals surface area contributed by atoms with Gasteiger partial charge in [-0.1, -0.05) is 0 Å². The van der Waals surface area contributed by atoms with Crippen LogP contribution in [0, 0.1) is 0 Å². The largest absolute Gasteiger partial charge is 0.480 e. The number of rotatable bonds is 3. The lowest BCUT2D eigenvalue weighted by Gasteiger charge is -2.01. The van der Waals surface area contributed by atoms with Crippen LogP contribution in [0.3, 0.4) is 0 Å². The quantitative estimate of drug-likeness (QED) is 0.417. The van der Waals surface area contributed by atoms with Gasteiger partial charge in [-0.15, -0.1) is 0 Å². The van der Waals surface area contributed by atoms with E-state index in [4.69, 9.17) is 10.8 Å². The van der Waals surface area contributed by atoms with Crippen LogP contribution in [-0.2, 0) is 4.79 Å². The van der Waals surface area contributed by atoms with Crippen molar-refractivity contribution in [2.24, 2.45) is 5.73 Å². The molecule has 0 amide bonds. The Morgan fingerprint density at radius 1 is 2.00 bits per heavy atom. The molecule has 0 aromatic rings. The van der Waals surface area contributed by atoms with Crippen LogP contribution in [0.5, 0.6) is 0 Å². The molecule has 0 aromatic heterocycles. The SMILES string of the molecule is NC(CC1CN1)C(=O)O. The summed E-state index contributed by atoms with van der Waals surface area (Å²) >= 11 is 0. The molecular formula is C5H10N2O2. The molecule has 1 aliphatic rings. The maximum atomic E-state index is 10.1. The summed E-state index contributed by atoms with van der Waals surface area (Å²) in [6.45, 7) is 0.918. The lowest BCUT2D eigenvalue weighted by atomic mass is 10.2. The van der Waals surface area contributed by atoms with Gasteiger partial charge in [-0.3, -0.25) is 4.79 Å². The normalized spacial score (nSPS) is 27.4. The molecule has 0 radical (unpaired) electrons. The van der Waals surface area contributed by atoms with Gasteiger partial charge in [0.1, 0.15) is 6.04 Å². The first kappa shape index (κ1) is 6.51. The molecule has 1 aliphatic heterocycles. The number of nitrogens with one attached hydrogen (secondary N) is 1. The highest BCUT2D eigenvalue weighted by Crippen LogP contribution is 2.04. The van der Waals surface area contributed by atoms with Crippen LogP contribution in [0.4, 0.5) is 0 Å². The Morgan fingerprint density at radius 2 is 2.56 bits per heavy atom. The summed E-state index contributed by atoms with van der Waals surface area (Å²) in [5.41, 5.74) is 5.22. The van der Waals surface area contributed by atoms with Crippen molar-refractivity contribution < 1.29 is 9.90 Å². The number of aliphatic carboxylic acids is 1. The van der Waals surface area contributed by atoms with Crippen molar-refractivity contribution in [3.05, 3.63) is 0 Å². The summed E-state index contributed by atoms with van der Waals surface area (Å²) in [6.07, 6.45) is 0.551. The van der Waals surface area contributed by atoms with Crippen LogP contribution in [0.2, 0.25) is 0 Å². The fourth-order valence-corrected chi connectivity index (χ4v) is 0.657. The van der Waals surface area contributed by atoms with E-state index >= 15 is 0 Å². The molecule has 1 rings (SSSR count). The van der Waals surface area contributed by atoms with E-state index in [0.29, 0.717) is 12.5 Å². The van der Waals surface area contributed by atoms with E-state index in [9.17, 15) is 4.79 Å². The summed E-state index contributed by atoms with van der Waals surface area (Å²) in [5.74, 6) is -0.913. The van der Waals surface area contributed by atoms with Gasteiger partial charge in [0, 0.05) is 12.6 Å². The van der Waals surface area contributed by atoms with E-state index in [0.717, 1.165) is 6.54 Å². The number of carboxylic acid groups (broad SMARTS) is 1.